The van der Waals surface area contributed by atoms with Crippen molar-refractivity contribution in [2.24, 2.45) is 5.73 Å². The second-order valence-corrected chi connectivity index (χ2v) is 6.82. The van der Waals surface area contributed by atoms with Crippen LogP contribution in [0, 0.1) is 10.1 Å². The van der Waals surface area contributed by atoms with Crippen molar-refractivity contribution in [2.45, 2.75) is 43.6 Å². The smallest absolute Gasteiger partial charge is 0.407 e. The molecule has 2 fully saturated rings. The van der Waals surface area contributed by atoms with Gasteiger partial charge in [-0.05, 0) is 30.5 Å². The molecule has 0 aromatic heterocycles. The maximum atomic E-state index is 11.9. The van der Waals surface area contributed by atoms with Crippen LogP contribution < -0.4 is 11.1 Å². The lowest BCUT2D eigenvalue weighted by Crippen LogP contribution is -2.55. The molecule has 1 saturated carbocycles. The summed E-state index contributed by atoms with van der Waals surface area (Å²) in [6.45, 7) is 1.57. The number of amides is 1. The van der Waals surface area contributed by atoms with E-state index in [1.165, 1.54) is 12.1 Å². The zero-order valence-corrected chi connectivity index (χ0v) is 14.4. The molecule has 9 nitrogen and oxygen atoms in total. The Balaban J connectivity index is 1.40. The predicted molar refractivity (Wildman–Crippen MR) is 91.3 cm³/mol. The molecule has 2 aliphatic rings. The molecule has 0 radical (unpaired) electrons. The Morgan fingerprint density at radius 2 is 1.81 bits per heavy atom. The van der Waals surface area contributed by atoms with Gasteiger partial charge < -0.3 is 25.3 Å². The number of non-ortho nitro benzene ring substituents is 1. The van der Waals surface area contributed by atoms with E-state index < -0.39 is 22.3 Å². The second-order valence-electron chi connectivity index (χ2n) is 6.82. The molecule has 9 heteroatoms. The summed E-state index contributed by atoms with van der Waals surface area (Å²) in [5.74, 6) is -0.487. The molecule has 1 amide bonds. The highest BCUT2D eigenvalue weighted by molar-refractivity contribution is 5.67. The highest BCUT2D eigenvalue weighted by Crippen LogP contribution is 2.38. The van der Waals surface area contributed by atoms with Gasteiger partial charge in [0, 0.05) is 37.1 Å². The first-order valence-electron chi connectivity index (χ1n) is 8.61. The number of ether oxygens (including phenoxy) is 3. The van der Waals surface area contributed by atoms with Crippen molar-refractivity contribution < 1.29 is 23.9 Å². The van der Waals surface area contributed by atoms with Gasteiger partial charge in [0.2, 0.25) is 0 Å². The third-order valence-electron chi connectivity index (χ3n) is 4.92. The van der Waals surface area contributed by atoms with E-state index in [4.69, 9.17) is 19.9 Å². The van der Waals surface area contributed by atoms with Gasteiger partial charge >= 0.3 is 6.09 Å². The van der Waals surface area contributed by atoms with E-state index in [9.17, 15) is 14.9 Å². The van der Waals surface area contributed by atoms with E-state index in [0.29, 0.717) is 51.0 Å². The van der Waals surface area contributed by atoms with Gasteiger partial charge in [-0.15, -0.1) is 0 Å². The largest absolute Gasteiger partial charge is 0.445 e. The zero-order chi connectivity index (χ0) is 18.6. The molecule has 0 unspecified atom stereocenters. The number of nitro benzene ring substituents is 1. The Kier molecular flexibility index (Phi) is 5.40. The fraction of sp³-hybridized carbons (Fsp3) is 0.588. The molecule has 142 valence electrons. The van der Waals surface area contributed by atoms with E-state index in [0.717, 1.165) is 0 Å². The Morgan fingerprint density at radius 3 is 2.38 bits per heavy atom. The van der Waals surface area contributed by atoms with Crippen molar-refractivity contribution in [3.8, 4) is 0 Å². The van der Waals surface area contributed by atoms with Gasteiger partial charge in [-0.2, -0.15) is 0 Å². The molecule has 26 heavy (non-hydrogen) atoms. The first-order chi connectivity index (χ1) is 12.4. The fourth-order valence-electron chi connectivity index (χ4n) is 3.25. The number of alkyl carbamates (subject to hydrolysis) is 1. The van der Waals surface area contributed by atoms with Gasteiger partial charge in [0.1, 0.15) is 6.61 Å². The molecule has 0 bridgehead atoms. The molecule has 3 N–H and O–H groups in total. The summed E-state index contributed by atoms with van der Waals surface area (Å²) in [4.78, 5) is 22.0. The van der Waals surface area contributed by atoms with Crippen LogP contribution in [0.3, 0.4) is 0 Å². The van der Waals surface area contributed by atoms with Crippen LogP contribution in [0.4, 0.5) is 10.5 Å². The number of nitrogens with one attached hydrogen (secondary N) is 1. The lowest BCUT2D eigenvalue weighted by molar-refractivity contribution is -0.384. The van der Waals surface area contributed by atoms with Gasteiger partial charge in [0.15, 0.2) is 5.79 Å². The van der Waals surface area contributed by atoms with Crippen molar-refractivity contribution in [1.82, 2.24) is 5.32 Å². The van der Waals surface area contributed by atoms with Gasteiger partial charge in [0.05, 0.1) is 18.1 Å². The van der Waals surface area contributed by atoms with Crippen LogP contribution in [0.5, 0.6) is 0 Å². The number of nitro groups is 1. The highest BCUT2D eigenvalue weighted by Gasteiger charge is 2.44. The third kappa shape index (κ3) is 4.48. The van der Waals surface area contributed by atoms with E-state index in [1.54, 1.807) is 12.1 Å². The lowest BCUT2D eigenvalue weighted by atomic mass is 9.79. The van der Waals surface area contributed by atoms with E-state index in [1.807, 2.05) is 0 Å². The van der Waals surface area contributed by atoms with Crippen molar-refractivity contribution in [1.29, 1.82) is 0 Å². The molecule has 0 atom stereocenters. The van der Waals surface area contributed by atoms with E-state index in [2.05, 4.69) is 5.32 Å². The number of carbonyl (C=O) groups excluding carboxylic acids is 1. The first-order valence-corrected chi connectivity index (χ1v) is 8.61. The number of nitrogens with two attached hydrogens (primary N) is 1. The maximum absolute atomic E-state index is 11.9. The molecule has 1 aliphatic heterocycles. The molecule has 1 aromatic carbocycles. The molecule has 1 aliphatic carbocycles. The average Bonchev–Trinajstić information content (AvgIpc) is 3.10. The molecule has 1 saturated heterocycles. The number of hydrogen-bond donors (Lipinski definition) is 2. The molecular weight excluding hydrogens is 342 g/mol. The summed E-state index contributed by atoms with van der Waals surface area (Å²) < 4.78 is 16.5. The van der Waals surface area contributed by atoms with Crippen LogP contribution in [0.15, 0.2) is 24.3 Å². The number of benzene rings is 1. The minimum Gasteiger partial charge on any atom is -0.445 e. The normalized spacial score (nSPS) is 20.7. The lowest BCUT2D eigenvalue weighted by Gasteiger charge is -2.41. The predicted octanol–water partition coefficient (Wildman–Crippen LogP) is 1.84. The van der Waals surface area contributed by atoms with Gasteiger partial charge in [-0.3, -0.25) is 10.1 Å². The van der Waals surface area contributed by atoms with Crippen LogP contribution in [0.25, 0.3) is 0 Å². The Bertz CT molecular complexity index is 647. The summed E-state index contributed by atoms with van der Waals surface area (Å²) in [5, 5.41) is 13.3. The van der Waals surface area contributed by atoms with Crippen molar-refractivity contribution >= 4 is 11.8 Å². The quantitative estimate of drug-likeness (QED) is 0.602. The van der Waals surface area contributed by atoms with Crippen LogP contribution in [0.2, 0.25) is 0 Å². The van der Waals surface area contributed by atoms with Crippen molar-refractivity contribution in [3.63, 3.8) is 0 Å². The first kappa shape index (κ1) is 18.6. The van der Waals surface area contributed by atoms with Crippen LogP contribution >= 0.6 is 0 Å². The topological polar surface area (TPSA) is 126 Å². The molecule has 1 spiro atoms. The number of hydrogen-bond acceptors (Lipinski definition) is 7. The number of nitrogens with zero attached hydrogens (tertiary/aromatic N) is 1. The van der Waals surface area contributed by atoms with Gasteiger partial charge in [-0.25, -0.2) is 4.79 Å². The number of carbonyl (C=O) groups is 1. The highest BCUT2D eigenvalue weighted by atomic mass is 16.7. The Morgan fingerprint density at radius 1 is 1.19 bits per heavy atom. The number of rotatable bonds is 5. The summed E-state index contributed by atoms with van der Waals surface area (Å²) in [7, 11) is 0. The monoisotopic (exact) mass is 365 g/mol. The van der Waals surface area contributed by atoms with Crippen LogP contribution in [-0.2, 0) is 20.8 Å². The second kappa shape index (κ2) is 7.56. The zero-order valence-electron chi connectivity index (χ0n) is 14.4. The van der Waals surface area contributed by atoms with Crippen molar-refractivity contribution in [2.75, 3.05) is 19.8 Å². The Hall–Kier alpha value is -2.23. The average molecular weight is 365 g/mol. The minimum atomic E-state index is -0.568. The minimum absolute atomic E-state index is 0.00596. The van der Waals surface area contributed by atoms with Gasteiger partial charge in [0.25, 0.3) is 5.69 Å². The van der Waals surface area contributed by atoms with E-state index >= 15 is 0 Å². The molecule has 1 aromatic rings. The maximum Gasteiger partial charge on any atom is 0.407 e. The standard InChI is InChI=1S/C17H23N3O6/c18-16(5-7-17(8-6-16)25-9-10-26-17)12-19-15(21)24-11-13-1-3-14(4-2-13)20(22)23/h1-4H,5-12,18H2,(H,19,21). The Labute approximate surface area is 150 Å². The fourth-order valence-corrected chi connectivity index (χ4v) is 3.25. The van der Waals surface area contributed by atoms with Crippen LogP contribution in [0.1, 0.15) is 31.2 Å². The van der Waals surface area contributed by atoms with Crippen molar-refractivity contribution in [3.05, 3.63) is 39.9 Å². The summed E-state index contributed by atoms with van der Waals surface area (Å²) in [6, 6.07) is 5.85. The molecule has 1 heterocycles. The summed E-state index contributed by atoms with van der Waals surface area (Å²) in [5.41, 5.74) is 6.52. The van der Waals surface area contributed by atoms with Gasteiger partial charge in [-0.1, -0.05) is 0 Å². The molecular formula is C17H23N3O6. The third-order valence-corrected chi connectivity index (χ3v) is 4.92. The summed E-state index contributed by atoms with van der Waals surface area (Å²) in [6.07, 6.45) is 2.24. The SMILES string of the molecule is NC1(CNC(=O)OCc2ccc([N+](=O)[O-])cc2)CCC2(CC1)OCCO2. The van der Waals surface area contributed by atoms with E-state index in [-0.39, 0.29) is 12.3 Å². The molecule has 3 rings (SSSR count). The van der Waals surface area contributed by atoms with Crippen LogP contribution in [-0.4, -0.2) is 42.1 Å². The summed E-state index contributed by atoms with van der Waals surface area (Å²) >= 11 is 0.